The summed E-state index contributed by atoms with van der Waals surface area (Å²) in [4.78, 5) is 0.338. The van der Waals surface area contributed by atoms with Gasteiger partial charge in [0.05, 0.1) is 0 Å². The van der Waals surface area contributed by atoms with E-state index in [9.17, 15) is 0 Å². The molecule has 0 aliphatic heterocycles. The van der Waals surface area contributed by atoms with E-state index >= 15 is 0 Å². The van der Waals surface area contributed by atoms with Crippen molar-refractivity contribution in [3.8, 4) is 0 Å². The van der Waals surface area contributed by atoms with Gasteiger partial charge in [-0.05, 0) is 24.3 Å². The summed E-state index contributed by atoms with van der Waals surface area (Å²) in [5.41, 5.74) is 8.53. The van der Waals surface area contributed by atoms with Crippen LogP contribution in [0.15, 0.2) is 30.5 Å². The van der Waals surface area contributed by atoms with E-state index in [1.807, 2.05) is 29.9 Å². The molecule has 1 aromatic heterocycles. The lowest BCUT2D eigenvalue weighted by molar-refractivity contribution is 0.711. The van der Waals surface area contributed by atoms with Crippen molar-refractivity contribution in [3.63, 3.8) is 0 Å². The van der Waals surface area contributed by atoms with Gasteiger partial charge >= 0.3 is 0 Å². The summed E-state index contributed by atoms with van der Waals surface area (Å²) in [5.74, 6) is 0. The molecule has 0 aliphatic rings. The van der Waals surface area contributed by atoms with Crippen LogP contribution >= 0.6 is 23.8 Å². The van der Waals surface area contributed by atoms with Crippen molar-refractivity contribution in [2.24, 2.45) is 12.8 Å². The van der Waals surface area contributed by atoms with E-state index < -0.39 is 0 Å². The van der Waals surface area contributed by atoms with Crippen LogP contribution in [0.25, 0.3) is 0 Å². The Hall–Kier alpha value is -1.59. The van der Waals surface area contributed by atoms with Crippen molar-refractivity contribution in [2.45, 2.75) is 6.42 Å². The maximum Gasteiger partial charge on any atom is 0.106 e. The molecule has 1 heterocycles. The first kappa shape index (κ1) is 13.8. The minimum Gasteiger partial charge on any atom is -0.389 e. The normalized spacial score (nSPS) is 10.4. The van der Waals surface area contributed by atoms with E-state index in [2.05, 4.69) is 10.4 Å². The summed E-state index contributed by atoms with van der Waals surface area (Å²) >= 11 is 11.0. The number of aryl methyl sites for hydroxylation is 1. The van der Waals surface area contributed by atoms with Crippen LogP contribution in [0.3, 0.4) is 0 Å². The molecule has 6 heteroatoms. The molecule has 4 nitrogen and oxygen atoms in total. The van der Waals surface area contributed by atoms with Crippen LogP contribution in [0.5, 0.6) is 0 Å². The average molecular weight is 295 g/mol. The summed E-state index contributed by atoms with van der Waals surface area (Å²) in [6.07, 6.45) is 2.66. The third-order valence-corrected chi connectivity index (χ3v) is 3.32. The number of hydrogen-bond donors (Lipinski definition) is 2. The van der Waals surface area contributed by atoms with Crippen molar-refractivity contribution in [2.75, 3.05) is 11.9 Å². The molecular weight excluding hydrogens is 280 g/mol. The minimum atomic E-state index is 0.338. The zero-order valence-electron chi connectivity index (χ0n) is 10.6. The first-order valence-corrected chi connectivity index (χ1v) is 6.66. The van der Waals surface area contributed by atoms with E-state index in [0.717, 1.165) is 24.2 Å². The minimum absolute atomic E-state index is 0.338. The molecule has 2 rings (SSSR count). The first-order valence-electron chi connectivity index (χ1n) is 5.88. The van der Waals surface area contributed by atoms with Crippen molar-refractivity contribution in [1.82, 2.24) is 9.78 Å². The number of aromatic nitrogens is 2. The fraction of sp³-hybridized carbons (Fsp3) is 0.231. The average Bonchev–Trinajstić information content (AvgIpc) is 2.77. The highest BCUT2D eigenvalue weighted by Crippen LogP contribution is 2.20. The Morgan fingerprint density at radius 3 is 2.89 bits per heavy atom. The highest BCUT2D eigenvalue weighted by molar-refractivity contribution is 7.80. The zero-order chi connectivity index (χ0) is 13.8. The van der Waals surface area contributed by atoms with Crippen molar-refractivity contribution in [3.05, 3.63) is 46.7 Å². The van der Waals surface area contributed by atoms with Gasteiger partial charge < -0.3 is 11.1 Å². The molecule has 2 aromatic rings. The van der Waals surface area contributed by atoms with Gasteiger partial charge in [-0.3, -0.25) is 4.68 Å². The molecule has 0 saturated heterocycles. The Morgan fingerprint density at radius 1 is 1.47 bits per heavy atom. The number of nitrogens with two attached hydrogens (primary N) is 1. The number of nitrogens with zero attached hydrogens (tertiary/aromatic N) is 2. The van der Waals surface area contributed by atoms with Crippen LogP contribution in [0.4, 0.5) is 5.69 Å². The smallest absolute Gasteiger partial charge is 0.106 e. The maximum atomic E-state index is 5.94. The molecule has 3 N–H and O–H groups in total. The first-order chi connectivity index (χ1) is 9.08. The van der Waals surface area contributed by atoms with E-state index in [0.29, 0.717) is 10.0 Å². The molecule has 0 radical (unpaired) electrons. The monoisotopic (exact) mass is 294 g/mol. The molecule has 19 heavy (non-hydrogen) atoms. The number of rotatable bonds is 5. The Kier molecular flexibility index (Phi) is 4.39. The number of hydrogen-bond acceptors (Lipinski definition) is 3. The van der Waals surface area contributed by atoms with Gasteiger partial charge in [0.25, 0.3) is 0 Å². The summed E-state index contributed by atoms with van der Waals surface area (Å²) in [6.45, 7) is 0.775. The third kappa shape index (κ3) is 3.45. The van der Waals surface area contributed by atoms with Gasteiger partial charge in [-0.1, -0.05) is 23.8 Å². The summed E-state index contributed by atoms with van der Waals surface area (Å²) < 4.78 is 1.86. The van der Waals surface area contributed by atoms with Crippen LogP contribution in [-0.4, -0.2) is 21.3 Å². The van der Waals surface area contributed by atoms with Crippen molar-refractivity contribution >= 4 is 34.5 Å². The number of halogens is 1. The lowest BCUT2D eigenvalue weighted by atomic mass is 10.1. The highest BCUT2D eigenvalue weighted by atomic mass is 35.5. The molecule has 0 atom stereocenters. The van der Waals surface area contributed by atoms with Crippen molar-refractivity contribution in [1.29, 1.82) is 0 Å². The Bertz CT molecular complexity index is 594. The fourth-order valence-corrected chi connectivity index (χ4v) is 2.19. The van der Waals surface area contributed by atoms with Crippen LogP contribution in [0.1, 0.15) is 11.3 Å². The molecule has 1 aromatic carbocycles. The largest absolute Gasteiger partial charge is 0.389 e. The maximum absolute atomic E-state index is 5.94. The number of anilines is 1. The van der Waals surface area contributed by atoms with Gasteiger partial charge in [0.15, 0.2) is 0 Å². The summed E-state index contributed by atoms with van der Waals surface area (Å²) in [5, 5.41) is 8.08. The molecule has 0 unspecified atom stereocenters. The van der Waals surface area contributed by atoms with Gasteiger partial charge in [-0.15, -0.1) is 0 Å². The van der Waals surface area contributed by atoms with Gasteiger partial charge in [0.1, 0.15) is 4.99 Å². The Balaban J connectivity index is 2.03. The van der Waals surface area contributed by atoms with E-state index in [1.165, 1.54) is 5.69 Å². The van der Waals surface area contributed by atoms with Gasteiger partial charge in [0.2, 0.25) is 0 Å². The zero-order valence-corrected chi connectivity index (χ0v) is 12.1. The molecule has 100 valence electrons. The SMILES string of the molecule is Cn1nccc1CCNc1ccc(Cl)cc1C(N)=S. The standard InChI is InChI=1S/C13H15ClN4S/c1-18-10(5-7-17-18)4-6-16-12-3-2-9(14)8-11(12)13(15)19/h2-3,5,7-8,16H,4,6H2,1H3,(H2,15,19). The third-order valence-electron chi connectivity index (χ3n) is 2.87. The lowest BCUT2D eigenvalue weighted by Gasteiger charge is -2.11. The molecular formula is C13H15ClN4S. The number of nitrogens with one attached hydrogen (secondary N) is 1. The van der Waals surface area contributed by atoms with Crippen LogP contribution in [-0.2, 0) is 13.5 Å². The summed E-state index contributed by atoms with van der Waals surface area (Å²) in [7, 11) is 1.93. The molecule has 0 bridgehead atoms. The van der Waals surface area contributed by atoms with Gasteiger partial charge in [-0.2, -0.15) is 5.10 Å². The van der Waals surface area contributed by atoms with Crippen LogP contribution in [0, 0.1) is 0 Å². The number of thiocarbonyl (C=S) groups is 1. The van der Waals surface area contributed by atoms with Gasteiger partial charge in [-0.25, -0.2) is 0 Å². The molecule has 0 aliphatic carbocycles. The molecule has 0 spiro atoms. The lowest BCUT2D eigenvalue weighted by Crippen LogP contribution is -2.15. The van der Waals surface area contributed by atoms with Crippen molar-refractivity contribution < 1.29 is 0 Å². The Morgan fingerprint density at radius 2 is 2.26 bits per heavy atom. The topological polar surface area (TPSA) is 55.9 Å². The second-order valence-electron chi connectivity index (χ2n) is 4.18. The number of benzene rings is 1. The van der Waals surface area contributed by atoms with Gasteiger partial charge in [0, 0.05) is 48.2 Å². The Labute approximate surface area is 122 Å². The van der Waals surface area contributed by atoms with Crippen LogP contribution < -0.4 is 11.1 Å². The highest BCUT2D eigenvalue weighted by Gasteiger charge is 2.06. The second kappa shape index (κ2) is 6.04. The van der Waals surface area contributed by atoms with Crippen LogP contribution in [0.2, 0.25) is 5.02 Å². The quantitative estimate of drug-likeness (QED) is 0.831. The van der Waals surface area contributed by atoms with E-state index in [4.69, 9.17) is 29.6 Å². The fourth-order valence-electron chi connectivity index (χ4n) is 1.85. The molecule has 0 fully saturated rings. The molecule has 0 amide bonds. The second-order valence-corrected chi connectivity index (χ2v) is 5.05. The molecule has 0 saturated carbocycles. The van der Waals surface area contributed by atoms with E-state index in [-0.39, 0.29) is 0 Å². The van der Waals surface area contributed by atoms with E-state index in [1.54, 1.807) is 12.3 Å². The predicted molar refractivity (Wildman–Crippen MR) is 82.7 cm³/mol. The predicted octanol–water partition coefficient (Wildman–Crippen LogP) is 2.36. The summed E-state index contributed by atoms with van der Waals surface area (Å²) in [6, 6.07) is 7.48.